The van der Waals surface area contributed by atoms with Crippen molar-refractivity contribution in [1.29, 1.82) is 0 Å². The van der Waals surface area contributed by atoms with Gasteiger partial charge in [0.2, 0.25) is 0 Å². The molecular weight excluding hydrogens is 341 g/mol. The van der Waals surface area contributed by atoms with Crippen LogP contribution in [0.2, 0.25) is 0 Å². The molecule has 2 aromatic rings. The molecule has 8 heteroatoms. The number of rotatable bonds is 3. The molecule has 138 valence electrons. The zero-order chi connectivity index (χ0) is 18.1. The van der Waals surface area contributed by atoms with Gasteiger partial charge in [0.15, 0.2) is 5.79 Å². The Balaban J connectivity index is 1.52. The number of halogens is 1. The summed E-state index contributed by atoms with van der Waals surface area (Å²) in [5.74, 6) is -0.361. The number of piperidine rings is 1. The van der Waals surface area contributed by atoms with Gasteiger partial charge >= 0.3 is 5.69 Å². The van der Waals surface area contributed by atoms with Crippen LogP contribution < -0.4 is 16.1 Å². The Kier molecular flexibility index (Phi) is 4.37. The van der Waals surface area contributed by atoms with E-state index in [0.29, 0.717) is 50.5 Å². The summed E-state index contributed by atoms with van der Waals surface area (Å²) in [7, 11) is 0. The fourth-order valence-corrected chi connectivity index (χ4v) is 3.47. The first-order valence-electron chi connectivity index (χ1n) is 8.66. The monoisotopic (exact) mass is 361 g/mol. The van der Waals surface area contributed by atoms with Crippen molar-refractivity contribution in [3.63, 3.8) is 0 Å². The SMILES string of the molecule is O=c1cc(N2CCC3(CC2)OCCO3)[nH]c(=O)n1Cc1ccc(F)cc1. The zero-order valence-electron chi connectivity index (χ0n) is 14.2. The highest BCUT2D eigenvalue weighted by Crippen LogP contribution is 2.32. The molecule has 1 aromatic heterocycles. The van der Waals surface area contributed by atoms with Crippen molar-refractivity contribution in [2.24, 2.45) is 0 Å². The Labute approximate surface area is 149 Å². The van der Waals surface area contributed by atoms with Gasteiger partial charge in [-0.05, 0) is 17.7 Å². The van der Waals surface area contributed by atoms with Crippen molar-refractivity contribution in [2.45, 2.75) is 25.2 Å². The van der Waals surface area contributed by atoms with Crippen molar-refractivity contribution in [1.82, 2.24) is 9.55 Å². The topological polar surface area (TPSA) is 76.6 Å². The molecule has 2 saturated heterocycles. The molecule has 0 radical (unpaired) electrons. The lowest BCUT2D eigenvalue weighted by Crippen LogP contribution is -2.47. The van der Waals surface area contributed by atoms with Gasteiger partial charge < -0.3 is 14.4 Å². The molecule has 0 unspecified atom stereocenters. The molecule has 1 spiro atoms. The summed E-state index contributed by atoms with van der Waals surface area (Å²) in [5, 5.41) is 0. The molecule has 0 amide bonds. The number of aromatic nitrogens is 2. The van der Waals surface area contributed by atoms with Crippen LogP contribution in [0.3, 0.4) is 0 Å². The summed E-state index contributed by atoms with van der Waals surface area (Å²) in [5.41, 5.74) is -0.186. The molecule has 26 heavy (non-hydrogen) atoms. The minimum Gasteiger partial charge on any atom is -0.357 e. The molecule has 0 saturated carbocycles. The smallest absolute Gasteiger partial charge is 0.330 e. The third-order valence-corrected chi connectivity index (χ3v) is 4.94. The third-order valence-electron chi connectivity index (χ3n) is 4.94. The molecule has 3 heterocycles. The molecule has 0 aliphatic carbocycles. The lowest BCUT2D eigenvalue weighted by molar-refractivity contribution is -0.169. The fourth-order valence-electron chi connectivity index (χ4n) is 3.47. The minimum absolute atomic E-state index is 0.0967. The Morgan fingerprint density at radius 3 is 2.35 bits per heavy atom. The van der Waals surface area contributed by atoms with E-state index in [9.17, 15) is 14.0 Å². The third kappa shape index (κ3) is 3.30. The molecule has 0 atom stereocenters. The van der Waals surface area contributed by atoms with E-state index in [4.69, 9.17) is 9.47 Å². The summed E-state index contributed by atoms with van der Waals surface area (Å²) in [6, 6.07) is 7.15. The van der Waals surface area contributed by atoms with Crippen LogP contribution in [0.5, 0.6) is 0 Å². The van der Waals surface area contributed by atoms with Gasteiger partial charge in [0.05, 0.1) is 19.8 Å². The molecule has 1 N–H and O–H groups in total. The van der Waals surface area contributed by atoms with Gasteiger partial charge in [0.25, 0.3) is 5.56 Å². The second-order valence-electron chi connectivity index (χ2n) is 6.61. The Morgan fingerprint density at radius 1 is 1.08 bits per heavy atom. The maximum absolute atomic E-state index is 13.0. The Hall–Kier alpha value is -2.45. The van der Waals surface area contributed by atoms with Crippen molar-refractivity contribution in [2.75, 3.05) is 31.2 Å². The lowest BCUT2D eigenvalue weighted by atomic mass is 10.0. The molecule has 7 nitrogen and oxygen atoms in total. The highest BCUT2D eigenvalue weighted by Gasteiger charge is 2.40. The van der Waals surface area contributed by atoms with E-state index in [-0.39, 0.29) is 17.9 Å². The summed E-state index contributed by atoms with van der Waals surface area (Å²) >= 11 is 0. The first-order valence-corrected chi connectivity index (χ1v) is 8.66. The number of nitrogens with zero attached hydrogens (tertiary/aromatic N) is 2. The maximum atomic E-state index is 13.0. The predicted molar refractivity (Wildman–Crippen MR) is 92.9 cm³/mol. The van der Waals surface area contributed by atoms with Crippen LogP contribution in [0, 0.1) is 5.82 Å². The van der Waals surface area contributed by atoms with Crippen LogP contribution in [-0.4, -0.2) is 41.6 Å². The largest absolute Gasteiger partial charge is 0.357 e. The van der Waals surface area contributed by atoms with Gasteiger partial charge in [-0.15, -0.1) is 0 Å². The number of H-pyrrole nitrogens is 1. The number of ether oxygens (including phenoxy) is 2. The van der Waals surface area contributed by atoms with Crippen molar-refractivity contribution >= 4 is 5.82 Å². The van der Waals surface area contributed by atoms with Gasteiger partial charge in [0.1, 0.15) is 11.6 Å². The number of hydrogen-bond acceptors (Lipinski definition) is 5. The van der Waals surface area contributed by atoms with Gasteiger partial charge in [-0.1, -0.05) is 12.1 Å². The molecular formula is C18H20FN3O4. The Morgan fingerprint density at radius 2 is 1.73 bits per heavy atom. The van der Waals surface area contributed by atoms with E-state index in [1.54, 1.807) is 12.1 Å². The Bertz CT molecular complexity index is 859. The van der Waals surface area contributed by atoms with Crippen LogP contribution in [-0.2, 0) is 16.0 Å². The van der Waals surface area contributed by atoms with Gasteiger partial charge in [-0.25, -0.2) is 9.18 Å². The average molecular weight is 361 g/mol. The normalized spacial score (nSPS) is 19.2. The fraction of sp³-hybridized carbons (Fsp3) is 0.444. The highest BCUT2D eigenvalue weighted by atomic mass is 19.1. The number of anilines is 1. The summed E-state index contributed by atoms with van der Waals surface area (Å²) in [6.07, 6.45) is 1.38. The molecule has 2 aliphatic heterocycles. The average Bonchev–Trinajstić information content (AvgIpc) is 3.08. The van der Waals surface area contributed by atoms with Gasteiger partial charge in [-0.2, -0.15) is 0 Å². The van der Waals surface area contributed by atoms with Gasteiger partial charge in [-0.3, -0.25) is 14.3 Å². The quantitative estimate of drug-likeness (QED) is 0.885. The molecule has 0 bridgehead atoms. The van der Waals surface area contributed by atoms with Crippen molar-refractivity contribution < 1.29 is 13.9 Å². The van der Waals surface area contributed by atoms with Crippen LogP contribution in [0.1, 0.15) is 18.4 Å². The molecule has 1 aromatic carbocycles. The van der Waals surface area contributed by atoms with E-state index in [1.807, 2.05) is 4.90 Å². The first kappa shape index (κ1) is 17.0. The zero-order valence-corrected chi connectivity index (χ0v) is 14.2. The minimum atomic E-state index is -0.506. The molecule has 4 rings (SSSR count). The van der Waals surface area contributed by atoms with Crippen molar-refractivity contribution in [3.8, 4) is 0 Å². The standard InChI is InChI=1S/C18H20FN3O4/c19-14-3-1-13(2-4-14)12-22-16(23)11-15(20-17(22)24)21-7-5-18(6-8-21)25-9-10-26-18/h1-4,11H,5-10,12H2,(H,20,24). The van der Waals surface area contributed by atoms with E-state index in [1.165, 1.54) is 18.2 Å². The second-order valence-corrected chi connectivity index (χ2v) is 6.61. The van der Waals surface area contributed by atoms with Crippen LogP contribution in [0.25, 0.3) is 0 Å². The first-order chi connectivity index (χ1) is 12.5. The summed E-state index contributed by atoms with van der Waals surface area (Å²) in [4.78, 5) is 29.5. The molecule has 2 fully saturated rings. The number of benzene rings is 1. The lowest BCUT2D eigenvalue weighted by Gasteiger charge is -2.38. The highest BCUT2D eigenvalue weighted by molar-refractivity contribution is 5.37. The van der Waals surface area contributed by atoms with Crippen LogP contribution >= 0.6 is 0 Å². The van der Waals surface area contributed by atoms with E-state index in [2.05, 4.69) is 4.98 Å². The van der Waals surface area contributed by atoms with E-state index >= 15 is 0 Å². The molecule has 2 aliphatic rings. The van der Waals surface area contributed by atoms with Gasteiger partial charge in [0, 0.05) is 32.0 Å². The summed E-state index contributed by atoms with van der Waals surface area (Å²) in [6.45, 7) is 2.58. The summed E-state index contributed by atoms with van der Waals surface area (Å²) < 4.78 is 25.5. The van der Waals surface area contributed by atoms with Crippen LogP contribution in [0.15, 0.2) is 39.9 Å². The van der Waals surface area contributed by atoms with E-state index < -0.39 is 11.5 Å². The number of aromatic amines is 1. The number of hydrogen-bond donors (Lipinski definition) is 1. The second kappa shape index (κ2) is 6.69. The maximum Gasteiger partial charge on any atom is 0.330 e. The predicted octanol–water partition coefficient (Wildman–Crippen LogP) is 1.07. The van der Waals surface area contributed by atoms with Crippen LogP contribution in [0.4, 0.5) is 10.2 Å². The van der Waals surface area contributed by atoms with E-state index in [0.717, 1.165) is 4.57 Å². The van der Waals surface area contributed by atoms with Crippen molar-refractivity contribution in [3.05, 3.63) is 62.6 Å². The number of nitrogens with one attached hydrogen (secondary N) is 1.